The monoisotopic (exact) mass is 252 g/mol. The Morgan fingerprint density at radius 2 is 1.65 bits per heavy atom. The average molecular weight is 253 g/mol. The number of hydrogen-bond acceptors (Lipinski definition) is 0. The van der Waals surface area contributed by atoms with E-state index in [9.17, 15) is 8.78 Å². The maximum atomic E-state index is 13.5. The van der Waals surface area contributed by atoms with E-state index in [1.54, 1.807) is 0 Å². The first-order chi connectivity index (χ1) is 8.18. The minimum absolute atomic E-state index is 0.204. The van der Waals surface area contributed by atoms with Gasteiger partial charge in [-0.2, -0.15) is 0 Å². The Balaban J connectivity index is 2.20. The van der Waals surface area contributed by atoms with Crippen LogP contribution >= 0.6 is 11.6 Å². The molecule has 0 aliphatic carbocycles. The molecule has 0 aliphatic heterocycles. The molecule has 0 aromatic heterocycles. The van der Waals surface area contributed by atoms with Gasteiger partial charge in [-0.1, -0.05) is 42.5 Å². The van der Waals surface area contributed by atoms with Crippen molar-refractivity contribution in [3.05, 3.63) is 71.3 Å². The topological polar surface area (TPSA) is 0 Å². The van der Waals surface area contributed by atoms with E-state index in [0.29, 0.717) is 6.42 Å². The van der Waals surface area contributed by atoms with Crippen LogP contribution in [0.4, 0.5) is 8.78 Å². The van der Waals surface area contributed by atoms with Crippen LogP contribution in [0.25, 0.3) is 0 Å². The molecule has 17 heavy (non-hydrogen) atoms. The van der Waals surface area contributed by atoms with Gasteiger partial charge in [0.2, 0.25) is 0 Å². The standard InChI is InChI=1S/C14H11ClF2/c15-12(9-10-5-2-1-3-6-10)11-7-4-8-13(16)14(11)17/h1-8,12H,9H2. The maximum absolute atomic E-state index is 13.5. The fraction of sp³-hybridized carbons (Fsp3) is 0.143. The largest absolute Gasteiger partial charge is 0.204 e. The van der Waals surface area contributed by atoms with Crippen molar-refractivity contribution in [2.45, 2.75) is 11.8 Å². The van der Waals surface area contributed by atoms with Crippen LogP contribution in [0, 0.1) is 11.6 Å². The third-order valence-electron chi connectivity index (χ3n) is 2.58. The molecule has 0 heterocycles. The van der Waals surface area contributed by atoms with Crippen molar-refractivity contribution in [3.63, 3.8) is 0 Å². The second-order valence-electron chi connectivity index (χ2n) is 3.80. The van der Waals surface area contributed by atoms with Crippen LogP contribution in [0.1, 0.15) is 16.5 Å². The van der Waals surface area contributed by atoms with Gasteiger partial charge in [0.05, 0.1) is 5.38 Å². The van der Waals surface area contributed by atoms with Crippen molar-refractivity contribution in [1.29, 1.82) is 0 Å². The molecule has 0 spiro atoms. The summed E-state index contributed by atoms with van der Waals surface area (Å²) in [6.45, 7) is 0. The maximum Gasteiger partial charge on any atom is 0.163 e. The fourth-order valence-electron chi connectivity index (χ4n) is 1.69. The molecule has 0 radical (unpaired) electrons. The van der Waals surface area contributed by atoms with E-state index in [2.05, 4.69) is 0 Å². The lowest BCUT2D eigenvalue weighted by Gasteiger charge is -2.11. The fourth-order valence-corrected chi connectivity index (χ4v) is 2.04. The summed E-state index contributed by atoms with van der Waals surface area (Å²) in [6.07, 6.45) is 0.475. The summed E-state index contributed by atoms with van der Waals surface area (Å²) >= 11 is 6.11. The average Bonchev–Trinajstić information content (AvgIpc) is 2.34. The minimum atomic E-state index is -0.860. The number of halogens is 3. The number of benzene rings is 2. The summed E-state index contributed by atoms with van der Waals surface area (Å²) in [5, 5.41) is -0.562. The summed E-state index contributed by atoms with van der Waals surface area (Å²) in [5.74, 6) is -1.72. The van der Waals surface area contributed by atoms with Gasteiger partial charge in [-0.05, 0) is 18.1 Å². The second kappa shape index (κ2) is 5.28. The molecule has 2 rings (SSSR count). The van der Waals surface area contributed by atoms with Gasteiger partial charge in [-0.3, -0.25) is 0 Å². The van der Waals surface area contributed by atoms with E-state index in [1.165, 1.54) is 12.1 Å². The first kappa shape index (κ1) is 12.1. The summed E-state index contributed by atoms with van der Waals surface area (Å²) in [4.78, 5) is 0. The zero-order valence-corrected chi connectivity index (χ0v) is 9.79. The van der Waals surface area contributed by atoms with Crippen LogP contribution < -0.4 is 0 Å². The van der Waals surface area contributed by atoms with Gasteiger partial charge in [-0.15, -0.1) is 11.6 Å². The quantitative estimate of drug-likeness (QED) is 0.706. The SMILES string of the molecule is Fc1cccc(C(Cl)Cc2ccccc2)c1F. The lowest BCUT2D eigenvalue weighted by molar-refractivity contribution is 0.497. The van der Waals surface area contributed by atoms with Crippen LogP contribution in [-0.2, 0) is 6.42 Å². The van der Waals surface area contributed by atoms with Gasteiger partial charge in [0, 0.05) is 5.56 Å². The van der Waals surface area contributed by atoms with Crippen molar-refractivity contribution in [2.75, 3.05) is 0 Å². The molecular formula is C14H11ClF2. The summed E-state index contributed by atoms with van der Waals surface area (Å²) in [5.41, 5.74) is 1.20. The Kier molecular flexibility index (Phi) is 3.75. The third kappa shape index (κ3) is 2.83. The Hall–Kier alpha value is -1.41. The zero-order chi connectivity index (χ0) is 12.3. The van der Waals surface area contributed by atoms with Gasteiger partial charge >= 0.3 is 0 Å². The van der Waals surface area contributed by atoms with Crippen LogP contribution in [-0.4, -0.2) is 0 Å². The summed E-state index contributed by atoms with van der Waals surface area (Å²) in [7, 11) is 0. The smallest absolute Gasteiger partial charge is 0.163 e. The van der Waals surface area contributed by atoms with Gasteiger partial charge in [-0.25, -0.2) is 8.78 Å². The zero-order valence-electron chi connectivity index (χ0n) is 9.04. The van der Waals surface area contributed by atoms with Crippen molar-refractivity contribution >= 4 is 11.6 Å². The van der Waals surface area contributed by atoms with Crippen LogP contribution in [0.2, 0.25) is 0 Å². The van der Waals surface area contributed by atoms with Gasteiger partial charge in [0.15, 0.2) is 11.6 Å². The van der Waals surface area contributed by atoms with E-state index in [4.69, 9.17) is 11.6 Å². The molecule has 0 nitrogen and oxygen atoms in total. The van der Waals surface area contributed by atoms with Crippen molar-refractivity contribution in [3.8, 4) is 0 Å². The summed E-state index contributed by atoms with van der Waals surface area (Å²) < 4.78 is 26.5. The Labute approximate surface area is 104 Å². The molecule has 1 unspecified atom stereocenters. The van der Waals surface area contributed by atoms with E-state index in [1.807, 2.05) is 30.3 Å². The van der Waals surface area contributed by atoms with Crippen LogP contribution in [0.5, 0.6) is 0 Å². The normalized spacial score (nSPS) is 12.4. The van der Waals surface area contributed by atoms with Crippen molar-refractivity contribution in [2.24, 2.45) is 0 Å². The number of alkyl halides is 1. The van der Waals surface area contributed by atoms with Crippen molar-refractivity contribution in [1.82, 2.24) is 0 Å². The number of rotatable bonds is 3. The van der Waals surface area contributed by atoms with Crippen LogP contribution in [0.3, 0.4) is 0 Å². The first-order valence-electron chi connectivity index (χ1n) is 5.30. The molecule has 1 atom stereocenters. The predicted molar refractivity (Wildman–Crippen MR) is 65.1 cm³/mol. The predicted octanol–water partition coefficient (Wildman–Crippen LogP) is 4.49. The molecule has 0 saturated carbocycles. The molecule has 88 valence electrons. The highest BCUT2D eigenvalue weighted by molar-refractivity contribution is 6.20. The second-order valence-corrected chi connectivity index (χ2v) is 4.33. The Morgan fingerprint density at radius 1 is 0.941 bits per heavy atom. The minimum Gasteiger partial charge on any atom is -0.204 e. The molecule has 0 fully saturated rings. The lowest BCUT2D eigenvalue weighted by Crippen LogP contribution is -2.00. The van der Waals surface area contributed by atoms with Gasteiger partial charge in [0.1, 0.15) is 0 Å². The Morgan fingerprint density at radius 3 is 2.35 bits per heavy atom. The van der Waals surface area contributed by atoms with Gasteiger partial charge < -0.3 is 0 Å². The molecule has 0 bridgehead atoms. The van der Waals surface area contributed by atoms with Gasteiger partial charge in [0.25, 0.3) is 0 Å². The molecule has 2 aromatic rings. The van der Waals surface area contributed by atoms with E-state index in [-0.39, 0.29) is 5.56 Å². The van der Waals surface area contributed by atoms with E-state index >= 15 is 0 Å². The lowest BCUT2D eigenvalue weighted by atomic mass is 10.0. The Bertz CT molecular complexity index is 497. The van der Waals surface area contributed by atoms with Crippen LogP contribution in [0.15, 0.2) is 48.5 Å². The number of hydrogen-bond donors (Lipinski definition) is 0. The molecule has 3 heteroatoms. The van der Waals surface area contributed by atoms with E-state index in [0.717, 1.165) is 11.6 Å². The first-order valence-corrected chi connectivity index (χ1v) is 5.74. The van der Waals surface area contributed by atoms with Crippen molar-refractivity contribution < 1.29 is 8.78 Å². The molecule has 2 aromatic carbocycles. The third-order valence-corrected chi connectivity index (χ3v) is 2.97. The summed E-state index contributed by atoms with van der Waals surface area (Å²) in [6, 6.07) is 13.6. The molecule has 0 N–H and O–H groups in total. The molecule has 0 saturated heterocycles. The molecular weight excluding hydrogens is 242 g/mol. The molecule has 0 aliphatic rings. The highest BCUT2D eigenvalue weighted by Crippen LogP contribution is 2.28. The highest BCUT2D eigenvalue weighted by atomic mass is 35.5. The molecule has 0 amide bonds. The highest BCUT2D eigenvalue weighted by Gasteiger charge is 2.16. The van der Waals surface area contributed by atoms with E-state index < -0.39 is 17.0 Å².